The largest absolute Gasteiger partial charge is 0.482 e. The number of hydrogen-bond donors (Lipinski definition) is 2. The summed E-state index contributed by atoms with van der Waals surface area (Å²) in [5, 5.41) is 5.89. The van der Waals surface area contributed by atoms with Crippen molar-refractivity contribution < 1.29 is 13.9 Å². The van der Waals surface area contributed by atoms with Crippen LogP contribution in [-0.4, -0.2) is 12.5 Å². The minimum absolute atomic E-state index is 0.0360. The van der Waals surface area contributed by atoms with Gasteiger partial charge < -0.3 is 15.4 Å². The number of amides is 1. The van der Waals surface area contributed by atoms with Gasteiger partial charge in [-0.25, -0.2) is 4.39 Å². The Balaban J connectivity index is 1.75. The molecule has 1 amide bonds. The van der Waals surface area contributed by atoms with Crippen molar-refractivity contribution in [3.63, 3.8) is 0 Å². The lowest BCUT2D eigenvalue weighted by molar-refractivity contribution is -0.118. The number of hydrogen-bond acceptors (Lipinski definition) is 3. The van der Waals surface area contributed by atoms with E-state index in [4.69, 9.17) is 4.74 Å². The summed E-state index contributed by atoms with van der Waals surface area (Å²) in [6.45, 7) is 2.34. The molecule has 0 atom stereocenters. The number of carbonyl (C=O) groups is 1. The van der Waals surface area contributed by atoms with Gasteiger partial charge in [0.15, 0.2) is 6.61 Å². The minimum Gasteiger partial charge on any atom is -0.482 e. The quantitative estimate of drug-likeness (QED) is 0.911. The Labute approximate surface area is 121 Å². The van der Waals surface area contributed by atoms with E-state index in [9.17, 15) is 9.18 Å². The van der Waals surface area contributed by atoms with Gasteiger partial charge >= 0.3 is 0 Å². The summed E-state index contributed by atoms with van der Waals surface area (Å²) in [7, 11) is 0. The van der Waals surface area contributed by atoms with E-state index >= 15 is 0 Å². The molecular weight excluding hydrogens is 271 g/mol. The first-order valence-corrected chi connectivity index (χ1v) is 6.67. The van der Waals surface area contributed by atoms with Gasteiger partial charge in [-0.1, -0.05) is 17.7 Å². The molecule has 108 valence electrons. The van der Waals surface area contributed by atoms with Gasteiger partial charge in [0, 0.05) is 17.8 Å². The number of rotatable bonds is 3. The van der Waals surface area contributed by atoms with E-state index in [0.29, 0.717) is 23.5 Å². The summed E-state index contributed by atoms with van der Waals surface area (Å²) in [4.78, 5) is 11.3. The molecule has 0 saturated heterocycles. The number of aryl methyl sites for hydroxylation is 1. The fraction of sp³-hybridized carbons (Fsp3) is 0.188. The van der Waals surface area contributed by atoms with Crippen molar-refractivity contribution in [2.24, 2.45) is 0 Å². The number of fused-ring (bicyclic) bond motifs is 1. The van der Waals surface area contributed by atoms with Crippen molar-refractivity contribution in [1.29, 1.82) is 0 Å². The van der Waals surface area contributed by atoms with Crippen LogP contribution in [-0.2, 0) is 11.3 Å². The van der Waals surface area contributed by atoms with Crippen LogP contribution < -0.4 is 15.4 Å². The van der Waals surface area contributed by atoms with Crippen molar-refractivity contribution >= 4 is 17.3 Å². The molecule has 0 bridgehead atoms. The van der Waals surface area contributed by atoms with Crippen LogP contribution >= 0.6 is 0 Å². The average molecular weight is 286 g/mol. The molecule has 2 aromatic rings. The van der Waals surface area contributed by atoms with Gasteiger partial charge in [0.05, 0.1) is 5.69 Å². The van der Waals surface area contributed by atoms with Gasteiger partial charge in [-0.3, -0.25) is 4.79 Å². The van der Waals surface area contributed by atoms with Crippen LogP contribution in [0.2, 0.25) is 0 Å². The predicted octanol–water partition coefficient (Wildman–Crippen LogP) is 3.08. The summed E-state index contributed by atoms with van der Waals surface area (Å²) in [6.07, 6.45) is 0. The molecule has 1 aliphatic rings. The average Bonchev–Trinajstić information content (AvgIpc) is 2.47. The molecule has 4 nitrogen and oxygen atoms in total. The molecule has 5 heteroatoms. The van der Waals surface area contributed by atoms with Gasteiger partial charge in [-0.15, -0.1) is 0 Å². The maximum absolute atomic E-state index is 13.7. The van der Waals surface area contributed by atoms with Crippen molar-refractivity contribution in [2.75, 3.05) is 17.2 Å². The Bertz CT molecular complexity index is 701. The Hall–Kier alpha value is -2.56. The third-order valence-corrected chi connectivity index (χ3v) is 3.30. The fourth-order valence-electron chi connectivity index (χ4n) is 2.23. The zero-order chi connectivity index (χ0) is 14.8. The lowest BCUT2D eigenvalue weighted by Gasteiger charge is -2.19. The second kappa shape index (κ2) is 5.44. The molecule has 0 unspecified atom stereocenters. The van der Waals surface area contributed by atoms with Crippen molar-refractivity contribution in [2.45, 2.75) is 13.5 Å². The highest BCUT2D eigenvalue weighted by atomic mass is 19.1. The summed E-state index contributed by atoms with van der Waals surface area (Å²) in [5.41, 5.74) is 3.04. The second-order valence-corrected chi connectivity index (χ2v) is 5.00. The van der Waals surface area contributed by atoms with E-state index in [1.54, 1.807) is 18.2 Å². The predicted molar refractivity (Wildman–Crippen MR) is 79.0 cm³/mol. The molecule has 2 N–H and O–H groups in total. The Morgan fingerprint density at radius 2 is 2.14 bits per heavy atom. The van der Waals surface area contributed by atoms with Crippen LogP contribution in [0.25, 0.3) is 0 Å². The van der Waals surface area contributed by atoms with Crippen LogP contribution in [0.1, 0.15) is 11.1 Å². The topological polar surface area (TPSA) is 50.4 Å². The highest BCUT2D eigenvalue weighted by Crippen LogP contribution is 2.30. The second-order valence-electron chi connectivity index (χ2n) is 5.00. The standard InChI is InChI=1S/C16H15FN2O2/c1-10-2-4-13(17)11(6-10)8-18-12-3-5-15-14(7-12)19-16(20)9-21-15/h2-7,18H,8-9H2,1H3,(H,19,20). The molecule has 21 heavy (non-hydrogen) atoms. The van der Waals surface area contributed by atoms with E-state index < -0.39 is 0 Å². The first-order valence-electron chi connectivity index (χ1n) is 6.67. The zero-order valence-corrected chi connectivity index (χ0v) is 11.6. The summed E-state index contributed by atoms with van der Waals surface area (Å²) in [5.74, 6) is 0.231. The monoisotopic (exact) mass is 286 g/mol. The highest BCUT2D eigenvalue weighted by molar-refractivity contribution is 5.96. The Kier molecular flexibility index (Phi) is 3.48. The molecule has 0 aromatic heterocycles. The normalized spacial score (nSPS) is 13.1. The van der Waals surface area contributed by atoms with E-state index in [0.717, 1.165) is 11.3 Å². The maximum atomic E-state index is 13.7. The molecule has 0 aliphatic carbocycles. The fourth-order valence-corrected chi connectivity index (χ4v) is 2.23. The summed E-state index contributed by atoms with van der Waals surface area (Å²) in [6, 6.07) is 10.4. The number of ether oxygens (including phenoxy) is 1. The van der Waals surface area contributed by atoms with E-state index in [1.807, 2.05) is 19.1 Å². The lowest BCUT2D eigenvalue weighted by Crippen LogP contribution is -2.25. The third-order valence-electron chi connectivity index (χ3n) is 3.30. The molecule has 3 rings (SSSR count). The van der Waals surface area contributed by atoms with Crippen LogP contribution in [0.15, 0.2) is 36.4 Å². The molecule has 2 aromatic carbocycles. The summed E-state index contributed by atoms with van der Waals surface area (Å²) < 4.78 is 19.0. The SMILES string of the molecule is Cc1ccc(F)c(CNc2ccc3c(c2)NC(=O)CO3)c1. The van der Waals surface area contributed by atoms with Gasteiger partial charge in [-0.05, 0) is 31.2 Å². The number of carbonyl (C=O) groups excluding carboxylic acids is 1. The molecular formula is C16H15FN2O2. The van der Waals surface area contributed by atoms with Gasteiger partial charge in [0.1, 0.15) is 11.6 Å². The van der Waals surface area contributed by atoms with Crippen LogP contribution in [0.5, 0.6) is 5.75 Å². The number of benzene rings is 2. The summed E-state index contributed by atoms with van der Waals surface area (Å²) >= 11 is 0. The maximum Gasteiger partial charge on any atom is 0.262 e. The minimum atomic E-state index is -0.234. The molecule has 1 aliphatic heterocycles. The van der Waals surface area contributed by atoms with Gasteiger partial charge in [0.25, 0.3) is 5.91 Å². The van der Waals surface area contributed by atoms with E-state index in [-0.39, 0.29) is 18.3 Å². The van der Waals surface area contributed by atoms with Crippen LogP contribution in [0, 0.1) is 12.7 Å². The van der Waals surface area contributed by atoms with Crippen LogP contribution in [0.3, 0.4) is 0 Å². The number of nitrogens with one attached hydrogen (secondary N) is 2. The highest BCUT2D eigenvalue weighted by Gasteiger charge is 2.15. The first-order chi connectivity index (χ1) is 10.1. The first kappa shape index (κ1) is 13.4. The molecule has 1 heterocycles. The van der Waals surface area contributed by atoms with Crippen molar-refractivity contribution in [3.8, 4) is 5.75 Å². The Morgan fingerprint density at radius 3 is 3.00 bits per heavy atom. The number of anilines is 2. The van der Waals surface area contributed by atoms with Crippen LogP contribution in [0.4, 0.5) is 15.8 Å². The van der Waals surface area contributed by atoms with Gasteiger partial charge in [-0.2, -0.15) is 0 Å². The van der Waals surface area contributed by atoms with Gasteiger partial charge in [0.2, 0.25) is 0 Å². The molecule has 0 spiro atoms. The third kappa shape index (κ3) is 2.97. The van der Waals surface area contributed by atoms with Crippen molar-refractivity contribution in [1.82, 2.24) is 0 Å². The van der Waals surface area contributed by atoms with Crippen molar-refractivity contribution in [3.05, 3.63) is 53.3 Å². The Morgan fingerprint density at radius 1 is 1.29 bits per heavy atom. The number of halogens is 1. The lowest BCUT2D eigenvalue weighted by atomic mass is 10.1. The molecule has 0 radical (unpaired) electrons. The van der Waals surface area contributed by atoms with E-state index in [2.05, 4.69) is 10.6 Å². The smallest absolute Gasteiger partial charge is 0.262 e. The zero-order valence-electron chi connectivity index (χ0n) is 11.6. The van der Waals surface area contributed by atoms with E-state index in [1.165, 1.54) is 6.07 Å². The molecule has 0 saturated carbocycles. The molecule has 0 fully saturated rings.